The van der Waals surface area contributed by atoms with E-state index in [-0.39, 0.29) is 24.4 Å². The number of ether oxygens (including phenoxy) is 1. The van der Waals surface area contributed by atoms with E-state index >= 15 is 0 Å². The van der Waals surface area contributed by atoms with Crippen LogP contribution in [-0.4, -0.2) is 15.7 Å². The first-order chi connectivity index (χ1) is 10.1. The smallest absolute Gasteiger partial charge is 0.330 e. The van der Waals surface area contributed by atoms with Gasteiger partial charge in [-0.1, -0.05) is 12.1 Å². The number of aromatic nitrogens is 2. The van der Waals surface area contributed by atoms with Gasteiger partial charge in [-0.05, 0) is 17.7 Å². The lowest BCUT2D eigenvalue weighted by Gasteiger charge is -2.09. The second-order valence-corrected chi connectivity index (χ2v) is 4.53. The number of benzene rings is 1. The molecule has 1 aromatic heterocycles. The van der Waals surface area contributed by atoms with Gasteiger partial charge in [-0.2, -0.15) is 5.26 Å². The first kappa shape index (κ1) is 14.6. The first-order valence-electron chi connectivity index (χ1n) is 6.47. The minimum absolute atomic E-state index is 0.187. The minimum Gasteiger partial charge on any atom is -0.492 e. The summed E-state index contributed by atoms with van der Waals surface area (Å²) in [7, 11) is 1.59. The van der Waals surface area contributed by atoms with Crippen LogP contribution in [0.25, 0.3) is 0 Å². The van der Waals surface area contributed by atoms with Crippen molar-refractivity contribution < 1.29 is 4.74 Å². The molecule has 0 unspecified atom stereocenters. The van der Waals surface area contributed by atoms with Crippen LogP contribution in [0, 0.1) is 11.3 Å². The highest BCUT2D eigenvalue weighted by Gasteiger charge is 2.03. The molecule has 21 heavy (non-hydrogen) atoms. The van der Waals surface area contributed by atoms with Crippen LogP contribution >= 0.6 is 0 Å². The maximum Gasteiger partial charge on any atom is 0.330 e. The molecule has 0 aliphatic rings. The van der Waals surface area contributed by atoms with Crippen molar-refractivity contribution in [3.05, 3.63) is 62.9 Å². The summed E-state index contributed by atoms with van der Waals surface area (Å²) in [6, 6.07) is 10.6. The summed E-state index contributed by atoms with van der Waals surface area (Å²) in [5.74, 6) is 0.637. The maximum atomic E-state index is 11.8. The molecule has 0 aliphatic heterocycles. The number of hydrogen-bond acceptors (Lipinski definition) is 4. The standard InChI is InChI=1S/C15H15N3O3/c1-17-9-7-14(19)18(15(17)20)10-11-21-13-4-2-12(3-5-13)6-8-16/h2-5,7,9H,6,10-11H2,1H3. The highest BCUT2D eigenvalue weighted by molar-refractivity contribution is 5.28. The highest BCUT2D eigenvalue weighted by Crippen LogP contribution is 2.12. The van der Waals surface area contributed by atoms with Crippen molar-refractivity contribution in [2.24, 2.45) is 7.05 Å². The summed E-state index contributed by atoms with van der Waals surface area (Å²) >= 11 is 0. The van der Waals surface area contributed by atoms with E-state index in [4.69, 9.17) is 10.00 Å². The zero-order valence-corrected chi connectivity index (χ0v) is 11.7. The lowest BCUT2D eigenvalue weighted by molar-refractivity contribution is 0.292. The molecule has 0 bridgehead atoms. The van der Waals surface area contributed by atoms with E-state index < -0.39 is 0 Å². The topological polar surface area (TPSA) is 77.0 Å². The molecule has 0 amide bonds. The molecule has 108 valence electrons. The quantitative estimate of drug-likeness (QED) is 0.810. The lowest BCUT2D eigenvalue weighted by Crippen LogP contribution is -2.39. The van der Waals surface area contributed by atoms with Crippen molar-refractivity contribution >= 4 is 0 Å². The van der Waals surface area contributed by atoms with E-state index in [9.17, 15) is 9.59 Å². The average Bonchev–Trinajstić information content (AvgIpc) is 2.49. The summed E-state index contributed by atoms with van der Waals surface area (Å²) in [6.45, 7) is 0.406. The predicted molar refractivity (Wildman–Crippen MR) is 77.2 cm³/mol. The molecule has 6 nitrogen and oxygen atoms in total. The summed E-state index contributed by atoms with van der Waals surface area (Å²) in [5.41, 5.74) is 0.208. The maximum absolute atomic E-state index is 11.8. The Balaban J connectivity index is 1.99. The fourth-order valence-corrected chi connectivity index (χ4v) is 1.87. The van der Waals surface area contributed by atoms with Gasteiger partial charge in [0.2, 0.25) is 0 Å². The SMILES string of the molecule is Cn1ccc(=O)n(CCOc2ccc(CC#N)cc2)c1=O. The largest absolute Gasteiger partial charge is 0.492 e. The van der Waals surface area contributed by atoms with Crippen molar-refractivity contribution in [1.29, 1.82) is 5.26 Å². The summed E-state index contributed by atoms with van der Waals surface area (Å²) in [4.78, 5) is 23.4. The monoisotopic (exact) mass is 285 g/mol. The highest BCUT2D eigenvalue weighted by atomic mass is 16.5. The van der Waals surface area contributed by atoms with Gasteiger partial charge in [0, 0.05) is 19.3 Å². The number of rotatable bonds is 5. The normalized spacial score (nSPS) is 10.1. The second-order valence-electron chi connectivity index (χ2n) is 4.53. The van der Waals surface area contributed by atoms with Gasteiger partial charge in [-0.15, -0.1) is 0 Å². The van der Waals surface area contributed by atoms with E-state index in [0.29, 0.717) is 12.2 Å². The van der Waals surface area contributed by atoms with Gasteiger partial charge in [0.25, 0.3) is 5.56 Å². The second kappa shape index (κ2) is 6.57. The van der Waals surface area contributed by atoms with Crippen LogP contribution in [0.4, 0.5) is 0 Å². The summed E-state index contributed by atoms with van der Waals surface area (Å²) in [6.07, 6.45) is 1.80. The summed E-state index contributed by atoms with van der Waals surface area (Å²) < 4.78 is 7.98. The Hall–Kier alpha value is -2.81. The Bertz CT molecular complexity index is 766. The number of aryl methyl sites for hydroxylation is 1. The van der Waals surface area contributed by atoms with Gasteiger partial charge < -0.3 is 9.30 Å². The third-order valence-corrected chi connectivity index (χ3v) is 3.03. The van der Waals surface area contributed by atoms with Crippen LogP contribution in [0.15, 0.2) is 46.1 Å². The number of nitriles is 1. The molecule has 1 aromatic carbocycles. The van der Waals surface area contributed by atoms with Crippen LogP contribution in [0.5, 0.6) is 5.75 Å². The van der Waals surface area contributed by atoms with Gasteiger partial charge in [-0.3, -0.25) is 9.36 Å². The van der Waals surface area contributed by atoms with E-state index in [2.05, 4.69) is 6.07 Å². The average molecular weight is 285 g/mol. The van der Waals surface area contributed by atoms with Crippen LogP contribution in [0.1, 0.15) is 5.56 Å². The Morgan fingerprint density at radius 1 is 1.19 bits per heavy atom. The van der Waals surface area contributed by atoms with Gasteiger partial charge in [0.05, 0.1) is 19.0 Å². The molecule has 0 atom stereocenters. The van der Waals surface area contributed by atoms with Crippen LogP contribution in [-0.2, 0) is 20.0 Å². The molecule has 1 heterocycles. The first-order valence-corrected chi connectivity index (χ1v) is 6.47. The molecular weight excluding hydrogens is 270 g/mol. The van der Waals surface area contributed by atoms with Crippen molar-refractivity contribution in [3.8, 4) is 11.8 Å². The molecule has 0 fully saturated rings. The van der Waals surface area contributed by atoms with Crippen LogP contribution < -0.4 is 16.0 Å². The molecule has 0 saturated carbocycles. The molecule has 0 saturated heterocycles. The predicted octanol–water partition coefficient (Wildman–Crippen LogP) is 0.692. The Kier molecular flexibility index (Phi) is 4.57. The lowest BCUT2D eigenvalue weighted by atomic mass is 10.2. The van der Waals surface area contributed by atoms with E-state index in [1.165, 1.54) is 16.8 Å². The molecule has 2 rings (SSSR count). The fraction of sp³-hybridized carbons (Fsp3) is 0.267. The molecule has 0 N–H and O–H groups in total. The number of hydrogen-bond donors (Lipinski definition) is 0. The molecule has 0 radical (unpaired) electrons. The number of nitrogens with zero attached hydrogens (tertiary/aromatic N) is 3. The fourth-order valence-electron chi connectivity index (χ4n) is 1.87. The van der Waals surface area contributed by atoms with E-state index in [0.717, 1.165) is 10.1 Å². The Labute approximate surface area is 121 Å². The molecule has 0 aliphatic carbocycles. The van der Waals surface area contributed by atoms with Gasteiger partial charge in [-0.25, -0.2) is 4.79 Å². The van der Waals surface area contributed by atoms with Gasteiger partial charge in [0.1, 0.15) is 12.4 Å². The van der Waals surface area contributed by atoms with Gasteiger partial charge >= 0.3 is 5.69 Å². The molecule has 6 heteroatoms. The third kappa shape index (κ3) is 3.60. The van der Waals surface area contributed by atoms with Crippen molar-refractivity contribution in [1.82, 2.24) is 9.13 Å². The Morgan fingerprint density at radius 2 is 1.90 bits per heavy atom. The van der Waals surface area contributed by atoms with E-state index in [1.54, 1.807) is 19.2 Å². The third-order valence-electron chi connectivity index (χ3n) is 3.03. The zero-order chi connectivity index (χ0) is 15.2. The van der Waals surface area contributed by atoms with E-state index in [1.807, 2.05) is 12.1 Å². The van der Waals surface area contributed by atoms with Gasteiger partial charge in [0.15, 0.2) is 0 Å². The summed E-state index contributed by atoms with van der Waals surface area (Å²) in [5, 5.41) is 8.59. The van der Waals surface area contributed by atoms with Crippen molar-refractivity contribution in [3.63, 3.8) is 0 Å². The Morgan fingerprint density at radius 3 is 2.57 bits per heavy atom. The molecular formula is C15H15N3O3. The van der Waals surface area contributed by atoms with Crippen molar-refractivity contribution in [2.75, 3.05) is 6.61 Å². The van der Waals surface area contributed by atoms with Crippen LogP contribution in [0.2, 0.25) is 0 Å². The molecule has 2 aromatic rings. The minimum atomic E-state index is -0.365. The van der Waals surface area contributed by atoms with Crippen LogP contribution in [0.3, 0.4) is 0 Å². The van der Waals surface area contributed by atoms with Crippen molar-refractivity contribution in [2.45, 2.75) is 13.0 Å². The zero-order valence-electron chi connectivity index (χ0n) is 11.7. The molecule has 0 spiro atoms.